The Morgan fingerprint density at radius 3 is 2.75 bits per heavy atom. The summed E-state index contributed by atoms with van der Waals surface area (Å²) in [6, 6.07) is 10.2. The molecule has 146 valence electrons. The summed E-state index contributed by atoms with van der Waals surface area (Å²) in [6.45, 7) is 5.14. The maximum atomic E-state index is 13.9. The minimum Gasteiger partial charge on any atom is -0.439 e. The quantitative estimate of drug-likeness (QED) is 0.647. The van der Waals surface area contributed by atoms with Crippen molar-refractivity contribution in [2.45, 2.75) is 13.5 Å². The van der Waals surface area contributed by atoms with Crippen LogP contribution in [0.2, 0.25) is 0 Å². The van der Waals surface area contributed by atoms with Crippen molar-refractivity contribution in [1.82, 2.24) is 14.8 Å². The number of carbonyl (C=O) groups excluding carboxylic acids is 1. The van der Waals surface area contributed by atoms with Crippen molar-refractivity contribution in [1.29, 1.82) is 0 Å². The van der Waals surface area contributed by atoms with Gasteiger partial charge in [-0.1, -0.05) is 22.0 Å². The summed E-state index contributed by atoms with van der Waals surface area (Å²) < 4.78 is 20.4. The zero-order valence-corrected chi connectivity index (χ0v) is 17.0. The molecule has 1 fully saturated rings. The number of benzene rings is 2. The van der Waals surface area contributed by atoms with E-state index in [0.29, 0.717) is 43.1 Å². The molecule has 0 aliphatic carbocycles. The first-order valence-corrected chi connectivity index (χ1v) is 9.86. The normalized spacial score (nSPS) is 15.2. The van der Waals surface area contributed by atoms with E-state index in [0.717, 1.165) is 16.7 Å². The van der Waals surface area contributed by atoms with Crippen LogP contribution in [0.25, 0.3) is 11.1 Å². The second kappa shape index (κ2) is 7.89. The van der Waals surface area contributed by atoms with Gasteiger partial charge in [-0.3, -0.25) is 4.90 Å². The Hall–Kier alpha value is -2.45. The fraction of sp³-hybridized carbons (Fsp3) is 0.300. The molecule has 2 amide bonds. The Labute approximate surface area is 170 Å². The highest BCUT2D eigenvalue weighted by molar-refractivity contribution is 9.10. The van der Waals surface area contributed by atoms with Gasteiger partial charge < -0.3 is 14.6 Å². The highest BCUT2D eigenvalue weighted by Crippen LogP contribution is 2.21. The molecule has 1 aliphatic rings. The maximum Gasteiger partial charge on any atom is 0.322 e. The predicted octanol–water partition coefficient (Wildman–Crippen LogP) is 4.39. The van der Waals surface area contributed by atoms with Crippen molar-refractivity contribution >= 4 is 38.7 Å². The monoisotopic (exact) mass is 446 g/mol. The molecule has 0 radical (unpaired) electrons. The van der Waals surface area contributed by atoms with Gasteiger partial charge in [-0.15, -0.1) is 0 Å². The lowest BCUT2D eigenvalue weighted by molar-refractivity contribution is 0.136. The number of anilines is 1. The molecular formula is C20H20BrFN4O2. The Bertz CT molecular complexity index is 1010. The second-order valence-electron chi connectivity index (χ2n) is 6.90. The Morgan fingerprint density at radius 1 is 1.21 bits per heavy atom. The number of nitrogens with zero attached hydrogens (tertiary/aromatic N) is 3. The number of amides is 2. The fourth-order valence-corrected chi connectivity index (χ4v) is 3.57. The molecule has 28 heavy (non-hydrogen) atoms. The van der Waals surface area contributed by atoms with E-state index >= 15 is 0 Å². The molecule has 0 bridgehead atoms. The summed E-state index contributed by atoms with van der Waals surface area (Å²) >= 11 is 3.21. The molecule has 0 atom stereocenters. The van der Waals surface area contributed by atoms with Gasteiger partial charge in [0.1, 0.15) is 11.3 Å². The highest BCUT2D eigenvalue weighted by Gasteiger charge is 2.23. The van der Waals surface area contributed by atoms with Gasteiger partial charge in [-0.2, -0.15) is 0 Å². The lowest BCUT2D eigenvalue weighted by Gasteiger charge is -2.34. The van der Waals surface area contributed by atoms with Crippen LogP contribution in [0, 0.1) is 12.7 Å². The Balaban J connectivity index is 1.32. The molecule has 1 N–H and O–H groups in total. The Morgan fingerprint density at radius 2 is 2.00 bits per heavy atom. The highest BCUT2D eigenvalue weighted by atomic mass is 79.9. The van der Waals surface area contributed by atoms with Crippen molar-refractivity contribution < 1.29 is 13.6 Å². The molecule has 1 saturated heterocycles. The maximum absolute atomic E-state index is 13.9. The predicted molar refractivity (Wildman–Crippen MR) is 109 cm³/mol. The summed E-state index contributed by atoms with van der Waals surface area (Å²) in [5.41, 5.74) is 2.97. The number of hydrogen-bond donors (Lipinski definition) is 1. The number of urea groups is 1. The van der Waals surface area contributed by atoms with E-state index in [1.165, 1.54) is 6.07 Å². The molecule has 1 aromatic heterocycles. The standard InChI is InChI=1S/C20H20BrFN4O2/c1-13-2-4-17-18(10-13)28-19(23-17)12-25-6-8-26(9-7-25)20(27)24-16-5-3-14(21)11-15(16)22/h2-5,10-11H,6-9,12H2,1H3,(H,24,27). The molecule has 0 unspecified atom stereocenters. The van der Waals surface area contributed by atoms with Gasteiger partial charge in [0.15, 0.2) is 5.58 Å². The summed E-state index contributed by atoms with van der Waals surface area (Å²) in [6.07, 6.45) is 0. The van der Waals surface area contributed by atoms with Crippen molar-refractivity contribution in [3.63, 3.8) is 0 Å². The van der Waals surface area contributed by atoms with Crippen LogP contribution >= 0.6 is 15.9 Å². The molecule has 1 aliphatic heterocycles. The number of fused-ring (bicyclic) bond motifs is 1. The smallest absolute Gasteiger partial charge is 0.322 e. The fourth-order valence-electron chi connectivity index (χ4n) is 3.23. The Kier molecular flexibility index (Phi) is 5.32. The minimum atomic E-state index is -0.465. The van der Waals surface area contributed by atoms with Gasteiger partial charge in [-0.25, -0.2) is 14.2 Å². The number of nitrogens with one attached hydrogen (secondary N) is 1. The van der Waals surface area contributed by atoms with Gasteiger partial charge >= 0.3 is 6.03 Å². The average Bonchev–Trinajstić information content (AvgIpc) is 3.06. The third-order valence-corrected chi connectivity index (χ3v) is 5.27. The van der Waals surface area contributed by atoms with Crippen LogP contribution in [0.15, 0.2) is 45.3 Å². The second-order valence-corrected chi connectivity index (χ2v) is 7.81. The number of aromatic nitrogens is 1. The largest absolute Gasteiger partial charge is 0.439 e. The van der Waals surface area contributed by atoms with E-state index in [-0.39, 0.29) is 11.7 Å². The number of rotatable bonds is 3. The molecule has 6 nitrogen and oxygen atoms in total. The molecule has 0 saturated carbocycles. The number of carbonyl (C=O) groups is 1. The molecule has 0 spiro atoms. The van der Waals surface area contributed by atoms with E-state index in [2.05, 4.69) is 31.1 Å². The van der Waals surface area contributed by atoms with E-state index in [1.807, 2.05) is 25.1 Å². The van der Waals surface area contributed by atoms with E-state index in [1.54, 1.807) is 17.0 Å². The number of halogens is 2. The zero-order valence-electron chi connectivity index (χ0n) is 15.4. The summed E-state index contributed by atoms with van der Waals surface area (Å²) in [7, 11) is 0. The van der Waals surface area contributed by atoms with Crippen LogP contribution in [0.1, 0.15) is 11.5 Å². The van der Waals surface area contributed by atoms with Gasteiger partial charge in [0.25, 0.3) is 0 Å². The SMILES string of the molecule is Cc1ccc2nc(CN3CCN(C(=O)Nc4ccc(Br)cc4F)CC3)oc2c1. The van der Waals surface area contributed by atoms with Crippen LogP contribution in [0.5, 0.6) is 0 Å². The van der Waals surface area contributed by atoms with Crippen molar-refractivity contribution in [3.05, 3.63) is 58.1 Å². The lowest BCUT2D eigenvalue weighted by Crippen LogP contribution is -2.49. The molecule has 4 rings (SSSR count). The number of hydrogen-bond acceptors (Lipinski definition) is 4. The van der Waals surface area contributed by atoms with Crippen molar-refractivity contribution in [3.8, 4) is 0 Å². The lowest BCUT2D eigenvalue weighted by atomic mass is 10.2. The zero-order chi connectivity index (χ0) is 19.7. The first-order chi connectivity index (χ1) is 13.5. The summed E-state index contributed by atoms with van der Waals surface area (Å²) in [5, 5.41) is 2.64. The van der Waals surface area contributed by atoms with Gasteiger partial charge in [0.05, 0.1) is 12.2 Å². The van der Waals surface area contributed by atoms with Crippen LogP contribution in [0.4, 0.5) is 14.9 Å². The topological polar surface area (TPSA) is 61.6 Å². The first kappa shape index (κ1) is 18.9. The van der Waals surface area contributed by atoms with Crippen LogP contribution in [0.3, 0.4) is 0 Å². The van der Waals surface area contributed by atoms with Crippen LogP contribution in [-0.2, 0) is 6.54 Å². The van der Waals surface area contributed by atoms with Crippen LogP contribution in [-0.4, -0.2) is 47.0 Å². The van der Waals surface area contributed by atoms with Gasteiger partial charge in [0.2, 0.25) is 5.89 Å². The number of oxazole rings is 1. The van der Waals surface area contributed by atoms with E-state index < -0.39 is 5.82 Å². The minimum absolute atomic E-state index is 0.178. The molecule has 3 aromatic rings. The number of aryl methyl sites for hydroxylation is 1. The van der Waals surface area contributed by atoms with Crippen molar-refractivity contribution in [2.24, 2.45) is 0 Å². The van der Waals surface area contributed by atoms with Gasteiger partial charge in [0, 0.05) is 30.7 Å². The van der Waals surface area contributed by atoms with E-state index in [4.69, 9.17) is 4.42 Å². The summed E-state index contributed by atoms with van der Waals surface area (Å²) in [4.78, 5) is 20.8. The first-order valence-electron chi connectivity index (χ1n) is 9.07. The molecule has 2 aromatic carbocycles. The third kappa shape index (κ3) is 4.18. The van der Waals surface area contributed by atoms with Crippen molar-refractivity contribution in [2.75, 3.05) is 31.5 Å². The molecule has 2 heterocycles. The van der Waals surface area contributed by atoms with E-state index in [9.17, 15) is 9.18 Å². The van der Waals surface area contributed by atoms with Crippen LogP contribution < -0.4 is 5.32 Å². The molecule has 8 heteroatoms. The summed E-state index contributed by atoms with van der Waals surface area (Å²) in [5.74, 6) is 0.211. The number of piperazine rings is 1. The third-order valence-electron chi connectivity index (χ3n) is 4.78. The van der Waals surface area contributed by atoms with Gasteiger partial charge in [-0.05, 0) is 42.8 Å². The molecular weight excluding hydrogens is 427 g/mol. The average molecular weight is 447 g/mol.